The van der Waals surface area contributed by atoms with Crippen molar-refractivity contribution in [3.63, 3.8) is 0 Å². The molecule has 168 valence electrons. The van der Waals surface area contributed by atoms with Crippen molar-refractivity contribution in [3.8, 4) is 5.75 Å². The zero-order valence-electron chi connectivity index (χ0n) is 18.4. The molecular formula is C23H28N6O3. The third-order valence-electron chi connectivity index (χ3n) is 6.70. The number of fused-ring (bicyclic) bond motifs is 2. The molecule has 0 unspecified atom stereocenters. The quantitative estimate of drug-likeness (QED) is 0.627. The molecule has 2 N–H and O–H groups in total. The third-order valence-corrected chi connectivity index (χ3v) is 6.70. The lowest BCUT2D eigenvalue weighted by Gasteiger charge is -2.26. The van der Waals surface area contributed by atoms with E-state index in [4.69, 9.17) is 9.72 Å². The van der Waals surface area contributed by atoms with Gasteiger partial charge < -0.3 is 20.1 Å². The Hall–Kier alpha value is -3.20. The molecule has 32 heavy (non-hydrogen) atoms. The zero-order valence-corrected chi connectivity index (χ0v) is 18.4. The number of benzene rings is 1. The van der Waals surface area contributed by atoms with E-state index in [-0.39, 0.29) is 12.0 Å². The number of hydrogen-bond donors (Lipinski definition) is 2. The van der Waals surface area contributed by atoms with Gasteiger partial charge in [0.2, 0.25) is 5.95 Å². The third kappa shape index (κ3) is 3.88. The summed E-state index contributed by atoms with van der Waals surface area (Å²) in [6.07, 6.45) is 7.46. The largest absolute Gasteiger partial charge is 0.495 e. The van der Waals surface area contributed by atoms with Gasteiger partial charge in [-0.25, -0.2) is 9.67 Å². The molecule has 0 atom stereocenters. The van der Waals surface area contributed by atoms with Gasteiger partial charge in [-0.15, -0.1) is 0 Å². The Kier molecular flexibility index (Phi) is 5.42. The molecule has 0 amide bonds. The number of anilines is 2. The van der Waals surface area contributed by atoms with E-state index in [1.165, 1.54) is 11.1 Å². The maximum Gasteiger partial charge on any atom is 0.306 e. The van der Waals surface area contributed by atoms with Crippen molar-refractivity contribution in [2.45, 2.75) is 44.7 Å². The van der Waals surface area contributed by atoms with Crippen molar-refractivity contribution in [2.75, 3.05) is 26.0 Å². The van der Waals surface area contributed by atoms with Crippen LogP contribution in [0, 0.1) is 5.92 Å². The van der Waals surface area contributed by atoms with Gasteiger partial charge in [0.25, 0.3) is 0 Å². The minimum Gasteiger partial charge on any atom is -0.495 e. The maximum atomic E-state index is 11.3. The van der Waals surface area contributed by atoms with Gasteiger partial charge in [0.05, 0.1) is 36.3 Å². The van der Waals surface area contributed by atoms with Crippen molar-refractivity contribution in [1.82, 2.24) is 24.6 Å². The van der Waals surface area contributed by atoms with Crippen molar-refractivity contribution >= 4 is 28.6 Å². The number of aromatic nitrogens is 4. The fraction of sp³-hybridized carbons (Fsp3) is 0.478. The normalized spacial score (nSPS) is 21.3. The van der Waals surface area contributed by atoms with Crippen LogP contribution in [0.1, 0.15) is 42.9 Å². The van der Waals surface area contributed by atoms with Crippen LogP contribution >= 0.6 is 0 Å². The number of nitrogens with one attached hydrogen (secondary N) is 1. The second kappa shape index (κ2) is 8.38. The molecule has 0 saturated heterocycles. The van der Waals surface area contributed by atoms with Crippen LogP contribution in [0.15, 0.2) is 24.5 Å². The monoisotopic (exact) mass is 436 g/mol. The van der Waals surface area contributed by atoms with E-state index in [2.05, 4.69) is 39.5 Å². The molecule has 1 aromatic carbocycles. The molecule has 1 aliphatic heterocycles. The number of aliphatic carboxylic acids is 1. The van der Waals surface area contributed by atoms with Crippen LogP contribution in [0.2, 0.25) is 0 Å². The number of nitrogens with zero attached hydrogens (tertiary/aromatic N) is 5. The lowest BCUT2D eigenvalue weighted by Crippen LogP contribution is -2.26. The first-order valence-corrected chi connectivity index (χ1v) is 11.1. The van der Waals surface area contributed by atoms with Crippen LogP contribution in [-0.2, 0) is 17.8 Å². The van der Waals surface area contributed by atoms with Crippen LogP contribution in [0.4, 0.5) is 11.6 Å². The molecule has 3 heterocycles. The smallest absolute Gasteiger partial charge is 0.306 e. The Bertz CT molecular complexity index is 1150. The number of hydrogen-bond acceptors (Lipinski definition) is 7. The Labute approximate surface area is 186 Å². The molecule has 9 nitrogen and oxygen atoms in total. The van der Waals surface area contributed by atoms with Crippen LogP contribution in [0.25, 0.3) is 11.0 Å². The molecule has 0 bridgehead atoms. The second-order valence-corrected chi connectivity index (χ2v) is 8.84. The molecule has 1 aliphatic carbocycles. The van der Waals surface area contributed by atoms with Crippen LogP contribution in [0.5, 0.6) is 5.75 Å². The van der Waals surface area contributed by atoms with E-state index in [0.717, 1.165) is 54.8 Å². The number of carboxylic acids is 1. The zero-order chi connectivity index (χ0) is 22.2. The molecule has 3 aromatic rings. The summed E-state index contributed by atoms with van der Waals surface area (Å²) in [6.45, 7) is 1.95. The van der Waals surface area contributed by atoms with Gasteiger partial charge in [0.15, 0.2) is 5.65 Å². The molecule has 2 aromatic heterocycles. The Morgan fingerprint density at radius 1 is 1.19 bits per heavy atom. The van der Waals surface area contributed by atoms with Crippen LogP contribution in [0.3, 0.4) is 0 Å². The van der Waals surface area contributed by atoms with E-state index in [0.29, 0.717) is 18.8 Å². The van der Waals surface area contributed by atoms with Gasteiger partial charge in [-0.3, -0.25) is 4.79 Å². The average Bonchev–Trinajstić information content (AvgIpc) is 3.22. The van der Waals surface area contributed by atoms with Gasteiger partial charge in [0.1, 0.15) is 5.75 Å². The average molecular weight is 437 g/mol. The molecule has 1 saturated carbocycles. The van der Waals surface area contributed by atoms with E-state index in [9.17, 15) is 9.90 Å². The maximum absolute atomic E-state index is 11.3. The minimum atomic E-state index is -0.701. The predicted octanol–water partition coefficient (Wildman–Crippen LogP) is 3.38. The van der Waals surface area contributed by atoms with E-state index in [1.807, 2.05) is 4.68 Å². The molecule has 9 heteroatoms. The van der Waals surface area contributed by atoms with Gasteiger partial charge in [0, 0.05) is 19.3 Å². The van der Waals surface area contributed by atoms with Crippen molar-refractivity contribution in [3.05, 3.63) is 35.7 Å². The lowest BCUT2D eigenvalue weighted by molar-refractivity contribution is -0.143. The standard InChI is InChI=1S/C23H28N6O3/c1-28-8-7-15-10-20(32-2)19(9-16(15)13-28)26-23-24-11-17-12-25-29(21(17)27-23)18-5-3-14(4-6-18)22(30)31/h9-12,14,18H,3-8,13H2,1-2H3,(H,30,31)(H,24,26,27). The predicted molar refractivity (Wildman–Crippen MR) is 120 cm³/mol. The van der Waals surface area contributed by atoms with Gasteiger partial charge in [-0.1, -0.05) is 0 Å². The van der Waals surface area contributed by atoms with E-state index >= 15 is 0 Å². The van der Waals surface area contributed by atoms with Gasteiger partial charge >= 0.3 is 5.97 Å². The fourth-order valence-electron chi connectivity index (χ4n) is 4.85. The molecule has 0 spiro atoms. The van der Waals surface area contributed by atoms with Crippen molar-refractivity contribution < 1.29 is 14.6 Å². The van der Waals surface area contributed by atoms with E-state index in [1.54, 1.807) is 19.5 Å². The lowest BCUT2D eigenvalue weighted by atomic mass is 9.86. The highest BCUT2D eigenvalue weighted by atomic mass is 16.5. The van der Waals surface area contributed by atoms with Crippen LogP contribution in [-0.4, -0.2) is 56.4 Å². The molecule has 1 fully saturated rings. The summed E-state index contributed by atoms with van der Waals surface area (Å²) in [5.74, 6) is 0.307. The number of methoxy groups -OCH3 is 1. The minimum absolute atomic E-state index is 0.152. The summed E-state index contributed by atoms with van der Waals surface area (Å²) < 4.78 is 7.56. The summed E-state index contributed by atoms with van der Waals surface area (Å²) in [5.41, 5.74) is 4.20. The number of ether oxygens (including phenoxy) is 1. The molecule has 2 aliphatic rings. The fourth-order valence-corrected chi connectivity index (χ4v) is 4.85. The first-order valence-electron chi connectivity index (χ1n) is 11.1. The number of carboxylic acid groups (broad SMARTS) is 1. The molecule has 5 rings (SSSR count). The Morgan fingerprint density at radius 3 is 2.75 bits per heavy atom. The highest BCUT2D eigenvalue weighted by molar-refractivity contribution is 5.76. The first kappa shape index (κ1) is 20.7. The number of carbonyl (C=O) groups is 1. The van der Waals surface area contributed by atoms with Crippen molar-refractivity contribution in [2.24, 2.45) is 5.92 Å². The number of rotatable bonds is 5. The second-order valence-electron chi connectivity index (χ2n) is 8.84. The summed E-state index contributed by atoms with van der Waals surface area (Å²) in [4.78, 5) is 22.8. The highest BCUT2D eigenvalue weighted by Crippen LogP contribution is 2.35. The van der Waals surface area contributed by atoms with Crippen molar-refractivity contribution in [1.29, 1.82) is 0 Å². The SMILES string of the molecule is COc1cc2c(cc1Nc1ncc3cnn(C4CCC(C(=O)O)CC4)c3n1)CN(C)CC2. The molecular weight excluding hydrogens is 408 g/mol. The topological polar surface area (TPSA) is 105 Å². The number of likely N-dealkylation sites (N-methyl/N-ethyl adjacent to an activating group) is 1. The van der Waals surface area contributed by atoms with Gasteiger partial charge in [-0.05, 0) is 62.4 Å². The Balaban J connectivity index is 1.42. The highest BCUT2D eigenvalue weighted by Gasteiger charge is 2.28. The summed E-state index contributed by atoms with van der Waals surface area (Å²) >= 11 is 0. The summed E-state index contributed by atoms with van der Waals surface area (Å²) in [6, 6.07) is 4.38. The van der Waals surface area contributed by atoms with Crippen LogP contribution < -0.4 is 10.1 Å². The molecule has 0 radical (unpaired) electrons. The van der Waals surface area contributed by atoms with E-state index < -0.39 is 5.97 Å². The summed E-state index contributed by atoms with van der Waals surface area (Å²) in [7, 11) is 3.80. The summed E-state index contributed by atoms with van der Waals surface area (Å²) in [5, 5.41) is 18.0. The first-order chi connectivity index (χ1) is 15.5. The Morgan fingerprint density at radius 2 is 2.00 bits per heavy atom. The van der Waals surface area contributed by atoms with Gasteiger partial charge in [-0.2, -0.15) is 10.1 Å².